The first-order valence-electron chi connectivity index (χ1n) is 8.31. The summed E-state index contributed by atoms with van der Waals surface area (Å²) in [6.45, 7) is -1.27. The first-order valence-corrected chi connectivity index (χ1v) is 8.31. The molecule has 1 amide bonds. The van der Waals surface area contributed by atoms with Gasteiger partial charge in [-0.1, -0.05) is 6.07 Å². The molecule has 0 fully saturated rings. The van der Waals surface area contributed by atoms with Crippen LogP contribution in [0.15, 0.2) is 42.6 Å². The number of carbonyl (C=O) groups excluding carboxylic acids is 1. The van der Waals surface area contributed by atoms with E-state index < -0.39 is 24.4 Å². The van der Waals surface area contributed by atoms with E-state index in [4.69, 9.17) is 5.73 Å². The third-order valence-electron chi connectivity index (χ3n) is 3.83. The summed E-state index contributed by atoms with van der Waals surface area (Å²) in [4.78, 5) is 19.3. The fraction of sp³-hybridized carbons (Fsp3) is 0.167. The van der Waals surface area contributed by atoms with Gasteiger partial charge in [0.25, 0.3) is 0 Å². The third kappa shape index (κ3) is 4.94. The van der Waals surface area contributed by atoms with Crippen LogP contribution in [0.25, 0.3) is 11.3 Å². The van der Waals surface area contributed by atoms with E-state index in [2.05, 4.69) is 30.2 Å². The molecule has 0 bridgehead atoms. The molecule has 1 unspecified atom stereocenters. The Kier molecular flexibility index (Phi) is 5.86. The van der Waals surface area contributed by atoms with Gasteiger partial charge in [0.05, 0.1) is 17.9 Å². The van der Waals surface area contributed by atoms with Gasteiger partial charge in [0, 0.05) is 17.2 Å². The van der Waals surface area contributed by atoms with Crippen molar-refractivity contribution in [1.82, 2.24) is 20.2 Å². The van der Waals surface area contributed by atoms with Gasteiger partial charge in [-0.25, -0.2) is 14.4 Å². The van der Waals surface area contributed by atoms with Gasteiger partial charge in [-0.2, -0.15) is 8.78 Å². The highest BCUT2D eigenvalue weighted by Crippen LogP contribution is 2.23. The second-order valence-electron chi connectivity index (χ2n) is 5.87. The van der Waals surface area contributed by atoms with Crippen molar-refractivity contribution in [1.29, 1.82) is 0 Å². The number of alkyl halides is 2. The molecule has 2 aromatic heterocycles. The number of nitrogens with two attached hydrogens (primary N) is 1. The number of anilines is 1. The fourth-order valence-electron chi connectivity index (χ4n) is 2.44. The summed E-state index contributed by atoms with van der Waals surface area (Å²) in [6, 6.07) is 7.61. The summed E-state index contributed by atoms with van der Waals surface area (Å²) in [5.41, 5.74) is 5.87. The Bertz CT molecular complexity index is 1020. The molecule has 0 saturated carbocycles. The van der Waals surface area contributed by atoms with Gasteiger partial charge in [-0.3, -0.25) is 4.79 Å². The predicted octanol–water partition coefficient (Wildman–Crippen LogP) is 2.95. The van der Waals surface area contributed by atoms with Crippen molar-refractivity contribution in [2.75, 3.05) is 5.32 Å². The van der Waals surface area contributed by atoms with E-state index in [-0.39, 0.29) is 28.6 Å². The zero-order valence-corrected chi connectivity index (χ0v) is 15.0. The average molecular weight is 404 g/mol. The molecule has 29 heavy (non-hydrogen) atoms. The number of rotatable bonds is 7. The fourth-order valence-corrected chi connectivity index (χ4v) is 2.44. The van der Waals surface area contributed by atoms with Gasteiger partial charge in [0.15, 0.2) is 0 Å². The van der Waals surface area contributed by atoms with Gasteiger partial charge in [-0.15, -0.1) is 10.2 Å². The maximum Gasteiger partial charge on any atom is 0.388 e. The van der Waals surface area contributed by atoms with E-state index >= 15 is 0 Å². The van der Waals surface area contributed by atoms with Crippen molar-refractivity contribution in [3.63, 3.8) is 0 Å². The molecule has 0 spiro atoms. The lowest BCUT2D eigenvalue weighted by Crippen LogP contribution is -2.13. The summed E-state index contributed by atoms with van der Waals surface area (Å²) in [5.74, 6) is -1.43. The number of pyridine rings is 1. The van der Waals surface area contributed by atoms with Gasteiger partial charge >= 0.3 is 6.61 Å². The Balaban J connectivity index is 1.76. The van der Waals surface area contributed by atoms with Crippen molar-refractivity contribution in [2.24, 2.45) is 5.73 Å². The van der Waals surface area contributed by atoms with Crippen LogP contribution in [-0.4, -0.2) is 32.7 Å². The number of hydrogen-bond acceptors (Lipinski definition) is 7. The monoisotopic (exact) mass is 404 g/mol. The highest BCUT2D eigenvalue weighted by molar-refractivity contribution is 5.94. The number of nitrogens with one attached hydrogen (secondary N) is 1. The molecule has 0 saturated heterocycles. The predicted molar refractivity (Wildman–Crippen MR) is 96.6 cm³/mol. The van der Waals surface area contributed by atoms with E-state index in [1.807, 2.05) is 0 Å². The second-order valence-corrected chi connectivity index (χ2v) is 5.87. The molecule has 150 valence electrons. The first kappa shape index (κ1) is 20.0. The molecule has 8 nitrogen and oxygen atoms in total. The van der Waals surface area contributed by atoms with Gasteiger partial charge in [0.2, 0.25) is 17.7 Å². The lowest BCUT2D eigenvalue weighted by atomic mass is 10.1. The molecular weight excluding hydrogens is 389 g/mol. The summed E-state index contributed by atoms with van der Waals surface area (Å²) < 4.78 is 42.9. The number of primary amides is 1. The van der Waals surface area contributed by atoms with E-state index in [0.29, 0.717) is 5.69 Å². The number of aromatic nitrogens is 4. The molecule has 3 aromatic rings. The van der Waals surface area contributed by atoms with Gasteiger partial charge in [0.1, 0.15) is 11.5 Å². The number of amides is 1. The van der Waals surface area contributed by atoms with Crippen LogP contribution in [-0.2, 0) is 0 Å². The SMILES string of the molecule is CC(Nc1ncc(-c2cc(C(N)=O)ccc2F)nn1)c1cccc(OC(F)F)n1. The molecule has 1 atom stereocenters. The van der Waals surface area contributed by atoms with Crippen LogP contribution in [0.1, 0.15) is 29.0 Å². The minimum absolute atomic E-state index is 0.0272. The lowest BCUT2D eigenvalue weighted by molar-refractivity contribution is -0.0529. The molecule has 0 aliphatic heterocycles. The van der Waals surface area contributed by atoms with Crippen LogP contribution in [0.3, 0.4) is 0 Å². The summed E-state index contributed by atoms with van der Waals surface area (Å²) in [7, 11) is 0. The largest absolute Gasteiger partial charge is 0.417 e. The number of carbonyl (C=O) groups is 1. The number of halogens is 3. The lowest BCUT2D eigenvalue weighted by Gasteiger charge is -2.14. The van der Waals surface area contributed by atoms with E-state index in [0.717, 1.165) is 6.07 Å². The Labute approximate surface area is 163 Å². The number of ether oxygens (including phenoxy) is 1. The Morgan fingerprint density at radius 1 is 1.21 bits per heavy atom. The van der Waals surface area contributed by atoms with Crippen molar-refractivity contribution < 1.29 is 22.7 Å². The summed E-state index contributed by atoms with van der Waals surface area (Å²) >= 11 is 0. The van der Waals surface area contributed by atoms with Gasteiger partial charge in [-0.05, 0) is 31.2 Å². The van der Waals surface area contributed by atoms with Crippen LogP contribution in [0, 0.1) is 5.82 Å². The van der Waals surface area contributed by atoms with Crippen molar-refractivity contribution in [3.8, 4) is 17.1 Å². The highest BCUT2D eigenvalue weighted by atomic mass is 19.3. The normalized spacial score (nSPS) is 11.9. The van der Waals surface area contributed by atoms with E-state index in [9.17, 15) is 18.0 Å². The molecule has 0 aliphatic rings. The van der Waals surface area contributed by atoms with E-state index in [1.54, 1.807) is 13.0 Å². The van der Waals surface area contributed by atoms with Crippen LogP contribution < -0.4 is 15.8 Å². The van der Waals surface area contributed by atoms with E-state index in [1.165, 1.54) is 30.5 Å². The van der Waals surface area contributed by atoms with Crippen LogP contribution in [0.5, 0.6) is 5.88 Å². The second kappa shape index (κ2) is 8.50. The average Bonchev–Trinajstić information content (AvgIpc) is 2.68. The van der Waals surface area contributed by atoms with Gasteiger partial charge < -0.3 is 15.8 Å². The highest BCUT2D eigenvalue weighted by Gasteiger charge is 2.14. The molecule has 0 radical (unpaired) electrons. The summed E-state index contributed by atoms with van der Waals surface area (Å²) in [5, 5.41) is 10.7. The molecule has 3 N–H and O–H groups in total. The third-order valence-corrected chi connectivity index (χ3v) is 3.83. The summed E-state index contributed by atoms with van der Waals surface area (Å²) in [6.07, 6.45) is 1.27. The van der Waals surface area contributed by atoms with Crippen molar-refractivity contribution >= 4 is 11.9 Å². The quantitative estimate of drug-likeness (QED) is 0.622. The zero-order valence-electron chi connectivity index (χ0n) is 15.0. The smallest absolute Gasteiger partial charge is 0.388 e. The first-order chi connectivity index (χ1) is 13.8. The van der Waals surface area contributed by atoms with Crippen molar-refractivity contribution in [2.45, 2.75) is 19.6 Å². The minimum atomic E-state index is -2.98. The zero-order chi connectivity index (χ0) is 21.0. The number of nitrogens with zero attached hydrogens (tertiary/aromatic N) is 4. The van der Waals surface area contributed by atoms with Crippen molar-refractivity contribution in [3.05, 3.63) is 59.7 Å². The maximum absolute atomic E-state index is 14.0. The molecule has 11 heteroatoms. The topological polar surface area (TPSA) is 116 Å². The number of hydrogen-bond donors (Lipinski definition) is 2. The Hall–Kier alpha value is -3.76. The molecule has 1 aromatic carbocycles. The number of benzene rings is 1. The van der Waals surface area contributed by atoms with Crippen LogP contribution in [0.4, 0.5) is 19.1 Å². The Morgan fingerprint density at radius 2 is 2.00 bits per heavy atom. The maximum atomic E-state index is 14.0. The standard InChI is InChI=1S/C18H15F3N6O2/c1-9(13-3-2-4-15(25-13)29-17(20)21)24-18-23-8-14(26-27-18)11-7-10(16(22)28)5-6-12(11)19/h2-9,17H,1H3,(H2,22,28)(H,23,24,27). The minimum Gasteiger partial charge on any atom is -0.417 e. The molecule has 0 aliphatic carbocycles. The Morgan fingerprint density at radius 3 is 2.66 bits per heavy atom. The van der Waals surface area contributed by atoms with Crippen LogP contribution >= 0.6 is 0 Å². The molecule has 3 rings (SSSR count). The van der Waals surface area contributed by atoms with Crippen LogP contribution in [0.2, 0.25) is 0 Å². The molecule has 2 heterocycles. The molecular formula is C18H15F3N6O2.